The molecule has 1 saturated heterocycles. The zero-order chi connectivity index (χ0) is 13.9. The Morgan fingerprint density at radius 1 is 1.20 bits per heavy atom. The summed E-state index contributed by atoms with van der Waals surface area (Å²) in [5, 5.41) is 0. The van der Waals surface area contributed by atoms with Gasteiger partial charge in [0.1, 0.15) is 0 Å². The number of rotatable bonds is 4. The average Bonchev–Trinajstić information content (AvgIpc) is 2.89. The van der Waals surface area contributed by atoms with E-state index in [2.05, 4.69) is 23.1 Å². The number of carbonyl (C=O) groups is 1. The summed E-state index contributed by atoms with van der Waals surface area (Å²) in [5.74, 6) is 0.332. The molecule has 0 aromatic heterocycles. The van der Waals surface area contributed by atoms with E-state index in [4.69, 9.17) is 5.73 Å². The van der Waals surface area contributed by atoms with E-state index in [9.17, 15) is 4.79 Å². The molecular weight excluding hydrogens is 248 g/mol. The van der Waals surface area contributed by atoms with Crippen molar-refractivity contribution in [2.45, 2.75) is 44.6 Å². The van der Waals surface area contributed by atoms with Gasteiger partial charge in [-0.2, -0.15) is 0 Å². The van der Waals surface area contributed by atoms with Gasteiger partial charge >= 0.3 is 0 Å². The molecule has 0 unspecified atom stereocenters. The quantitative estimate of drug-likeness (QED) is 0.907. The van der Waals surface area contributed by atoms with E-state index in [-0.39, 0.29) is 0 Å². The summed E-state index contributed by atoms with van der Waals surface area (Å²) in [6, 6.07) is 6.92. The van der Waals surface area contributed by atoms with Crippen LogP contribution in [0.1, 0.15) is 36.0 Å². The minimum atomic E-state index is 0.332. The molecule has 1 aliphatic heterocycles. The predicted molar refractivity (Wildman–Crippen MR) is 80.8 cm³/mol. The average molecular weight is 272 g/mol. The second-order valence-electron chi connectivity index (χ2n) is 6.29. The molecule has 1 aliphatic carbocycles. The third-order valence-corrected chi connectivity index (χ3v) is 4.60. The molecule has 3 rings (SSSR count). The first-order valence-corrected chi connectivity index (χ1v) is 7.81. The lowest BCUT2D eigenvalue weighted by atomic mass is 10.0. The van der Waals surface area contributed by atoms with Crippen molar-refractivity contribution in [3.05, 3.63) is 34.9 Å². The highest BCUT2D eigenvalue weighted by molar-refractivity contribution is 5.82. The Morgan fingerprint density at radius 3 is 2.75 bits per heavy atom. The van der Waals surface area contributed by atoms with Crippen molar-refractivity contribution in [2.24, 2.45) is 5.73 Å². The lowest BCUT2D eigenvalue weighted by molar-refractivity contribution is -0.119. The van der Waals surface area contributed by atoms with Crippen molar-refractivity contribution in [1.29, 1.82) is 0 Å². The maximum Gasteiger partial charge on any atom is 0.151 e. The third-order valence-electron chi connectivity index (χ3n) is 4.60. The van der Waals surface area contributed by atoms with Gasteiger partial charge in [0.2, 0.25) is 0 Å². The van der Waals surface area contributed by atoms with Crippen LogP contribution in [0.15, 0.2) is 18.2 Å². The molecule has 0 bridgehead atoms. The van der Waals surface area contributed by atoms with Crippen molar-refractivity contribution >= 4 is 5.78 Å². The molecule has 2 N–H and O–H groups in total. The van der Waals surface area contributed by atoms with E-state index < -0.39 is 0 Å². The Balaban J connectivity index is 1.54. The molecule has 0 spiro atoms. The molecule has 3 nitrogen and oxygen atoms in total. The van der Waals surface area contributed by atoms with Crippen LogP contribution in [-0.4, -0.2) is 36.4 Å². The normalized spacial score (nSPS) is 20.1. The summed E-state index contributed by atoms with van der Waals surface area (Å²) in [5.41, 5.74) is 10.0. The fourth-order valence-electron chi connectivity index (χ4n) is 3.38. The summed E-state index contributed by atoms with van der Waals surface area (Å²) < 4.78 is 0. The van der Waals surface area contributed by atoms with Gasteiger partial charge in [0.05, 0.1) is 6.54 Å². The van der Waals surface area contributed by atoms with Crippen LogP contribution in [-0.2, 0) is 24.1 Å². The predicted octanol–water partition coefficient (Wildman–Crippen LogP) is 1.71. The lowest BCUT2D eigenvalue weighted by Crippen LogP contribution is -2.42. The van der Waals surface area contributed by atoms with Gasteiger partial charge in [0, 0.05) is 25.6 Å². The number of hydrogen-bond donors (Lipinski definition) is 1. The Labute approximate surface area is 121 Å². The molecule has 0 amide bonds. The van der Waals surface area contributed by atoms with E-state index in [1.165, 1.54) is 36.0 Å². The van der Waals surface area contributed by atoms with Crippen molar-refractivity contribution in [3.8, 4) is 0 Å². The second-order valence-corrected chi connectivity index (χ2v) is 6.29. The molecule has 0 radical (unpaired) electrons. The van der Waals surface area contributed by atoms with Gasteiger partial charge in [-0.25, -0.2) is 0 Å². The maximum atomic E-state index is 12.2. The number of nitrogens with zero attached hydrogens (tertiary/aromatic N) is 1. The molecule has 3 heteroatoms. The van der Waals surface area contributed by atoms with Crippen LogP contribution in [0.5, 0.6) is 0 Å². The molecular formula is C17H24N2O. The highest BCUT2D eigenvalue weighted by Crippen LogP contribution is 2.23. The standard InChI is InChI=1S/C17H24N2O/c18-16-6-8-19(9-7-16)12-17(20)11-13-4-5-14-2-1-3-15(14)10-13/h4-5,10,16H,1-3,6-9,11-12,18H2. The van der Waals surface area contributed by atoms with Gasteiger partial charge in [-0.1, -0.05) is 18.2 Å². The number of Topliss-reactive ketones (excluding diaryl/α,β-unsaturated/α-hetero) is 1. The first-order chi connectivity index (χ1) is 9.70. The first-order valence-electron chi connectivity index (χ1n) is 7.81. The zero-order valence-electron chi connectivity index (χ0n) is 12.1. The third kappa shape index (κ3) is 3.28. The largest absolute Gasteiger partial charge is 0.328 e. The van der Waals surface area contributed by atoms with Crippen LogP contribution in [0.25, 0.3) is 0 Å². The van der Waals surface area contributed by atoms with Crippen LogP contribution < -0.4 is 5.73 Å². The van der Waals surface area contributed by atoms with E-state index >= 15 is 0 Å². The van der Waals surface area contributed by atoms with Gasteiger partial charge in [0.25, 0.3) is 0 Å². The van der Waals surface area contributed by atoms with Crippen LogP contribution >= 0.6 is 0 Å². The monoisotopic (exact) mass is 272 g/mol. The molecule has 1 fully saturated rings. The van der Waals surface area contributed by atoms with Crippen molar-refractivity contribution < 1.29 is 4.79 Å². The number of ketones is 1. The van der Waals surface area contributed by atoms with E-state index in [1.54, 1.807) is 0 Å². The van der Waals surface area contributed by atoms with Crippen molar-refractivity contribution in [3.63, 3.8) is 0 Å². The second kappa shape index (κ2) is 6.06. The highest BCUT2D eigenvalue weighted by atomic mass is 16.1. The molecule has 108 valence electrons. The summed E-state index contributed by atoms with van der Waals surface area (Å²) in [4.78, 5) is 14.4. The Hall–Kier alpha value is -1.19. The molecule has 0 saturated carbocycles. The van der Waals surface area contributed by atoms with Gasteiger partial charge in [-0.05, 0) is 48.8 Å². The van der Waals surface area contributed by atoms with Crippen molar-refractivity contribution in [2.75, 3.05) is 19.6 Å². The molecule has 2 aliphatic rings. The molecule has 1 heterocycles. The number of piperidine rings is 1. The Bertz CT molecular complexity index is 490. The molecule has 0 atom stereocenters. The van der Waals surface area contributed by atoms with E-state index in [0.29, 0.717) is 24.8 Å². The SMILES string of the molecule is NC1CCN(CC(=O)Cc2ccc3c(c2)CCC3)CC1. The number of likely N-dealkylation sites (tertiary alicyclic amines) is 1. The zero-order valence-corrected chi connectivity index (χ0v) is 12.1. The molecule has 1 aromatic carbocycles. The summed E-state index contributed by atoms with van der Waals surface area (Å²) in [6.07, 6.45) is 6.27. The number of carbonyl (C=O) groups excluding carboxylic acids is 1. The van der Waals surface area contributed by atoms with Gasteiger partial charge in [-0.3, -0.25) is 9.69 Å². The number of benzene rings is 1. The van der Waals surface area contributed by atoms with Gasteiger partial charge < -0.3 is 5.73 Å². The summed E-state index contributed by atoms with van der Waals surface area (Å²) >= 11 is 0. The summed E-state index contributed by atoms with van der Waals surface area (Å²) in [6.45, 7) is 2.53. The van der Waals surface area contributed by atoms with E-state index in [1.807, 2.05) is 0 Å². The highest BCUT2D eigenvalue weighted by Gasteiger charge is 2.18. The van der Waals surface area contributed by atoms with Crippen molar-refractivity contribution in [1.82, 2.24) is 4.90 Å². The van der Waals surface area contributed by atoms with Crippen LogP contribution in [0.3, 0.4) is 0 Å². The van der Waals surface area contributed by atoms with Crippen LogP contribution in [0.2, 0.25) is 0 Å². The topological polar surface area (TPSA) is 46.3 Å². The number of hydrogen-bond acceptors (Lipinski definition) is 3. The summed E-state index contributed by atoms with van der Waals surface area (Å²) in [7, 11) is 0. The first kappa shape index (κ1) is 13.8. The minimum Gasteiger partial charge on any atom is -0.328 e. The Morgan fingerprint density at radius 2 is 1.95 bits per heavy atom. The number of aryl methyl sites for hydroxylation is 2. The van der Waals surface area contributed by atoms with Gasteiger partial charge in [0.15, 0.2) is 5.78 Å². The fourth-order valence-corrected chi connectivity index (χ4v) is 3.38. The maximum absolute atomic E-state index is 12.2. The fraction of sp³-hybridized carbons (Fsp3) is 0.588. The smallest absolute Gasteiger partial charge is 0.151 e. The Kier molecular flexibility index (Phi) is 4.18. The van der Waals surface area contributed by atoms with Crippen LogP contribution in [0, 0.1) is 0 Å². The molecule has 1 aromatic rings. The number of fused-ring (bicyclic) bond motifs is 1. The lowest BCUT2D eigenvalue weighted by Gasteiger charge is -2.29. The van der Waals surface area contributed by atoms with Gasteiger partial charge in [-0.15, -0.1) is 0 Å². The van der Waals surface area contributed by atoms with E-state index in [0.717, 1.165) is 25.9 Å². The molecule has 20 heavy (non-hydrogen) atoms. The minimum absolute atomic E-state index is 0.332. The van der Waals surface area contributed by atoms with Crippen LogP contribution in [0.4, 0.5) is 0 Å². The number of nitrogens with two attached hydrogens (primary N) is 1.